The third kappa shape index (κ3) is 2.77. The van der Waals surface area contributed by atoms with Gasteiger partial charge in [-0.25, -0.2) is 12.7 Å². The van der Waals surface area contributed by atoms with E-state index in [-0.39, 0.29) is 10.8 Å². The number of anilines is 1. The number of carbonyl (C=O) groups excluding carboxylic acids is 1. The first-order chi connectivity index (χ1) is 8.30. The average Bonchev–Trinajstić information content (AvgIpc) is 2.36. The van der Waals surface area contributed by atoms with Crippen molar-refractivity contribution in [3.63, 3.8) is 0 Å². The van der Waals surface area contributed by atoms with Crippen LogP contribution in [0.25, 0.3) is 0 Å². The third-order valence-electron chi connectivity index (χ3n) is 2.51. The van der Waals surface area contributed by atoms with Crippen molar-refractivity contribution in [3.05, 3.63) is 36.9 Å². The van der Waals surface area contributed by atoms with Crippen LogP contribution in [-0.2, 0) is 14.8 Å². The average molecular weight is 268 g/mol. The molecule has 18 heavy (non-hydrogen) atoms. The van der Waals surface area contributed by atoms with Crippen LogP contribution >= 0.6 is 0 Å². The number of carbonyl (C=O) groups is 1. The molecule has 1 amide bonds. The van der Waals surface area contributed by atoms with Crippen LogP contribution < -0.4 is 4.90 Å². The first kappa shape index (κ1) is 14.4. The van der Waals surface area contributed by atoms with Gasteiger partial charge in [0.1, 0.15) is 0 Å². The number of nitrogens with zero attached hydrogens (tertiary/aromatic N) is 2. The maximum Gasteiger partial charge on any atom is 0.250 e. The van der Waals surface area contributed by atoms with Crippen LogP contribution in [0.15, 0.2) is 41.8 Å². The molecule has 1 rings (SSSR count). The van der Waals surface area contributed by atoms with Gasteiger partial charge in [0, 0.05) is 26.8 Å². The van der Waals surface area contributed by atoms with Crippen molar-refractivity contribution < 1.29 is 13.2 Å². The Labute approximate surface area is 107 Å². The van der Waals surface area contributed by atoms with E-state index in [9.17, 15) is 13.2 Å². The summed E-state index contributed by atoms with van der Waals surface area (Å²) < 4.78 is 24.8. The molecule has 1 aromatic carbocycles. The highest BCUT2D eigenvalue weighted by Gasteiger charge is 2.17. The number of likely N-dealkylation sites (N-methyl/N-ethyl adjacent to an activating group) is 1. The second kappa shape index (κ2) is 5.32. The van der Waals surface area contributed by atoms with Gasteiger partial charge in [-0.05, 0) is 30.3 Å². The van der Waals surface area contributed by atoms with E-state index in [0.717, 1.165) is 4.31 Å². The Hall–Kier alpha value is -1.66. The fourth-order valence-electron chi connectivity index (χ4n) is 1.32. The zero-order chi connectivity index (χ0) is 13.9. The second-order valence-corrected chi connectivity index (χ2v) is 6.03. The van der Waals surface area contributed by atoms with E-state index in [1.54, 1.807) is 19.2 Å². The second-order valence-electron chi connectivity index (χ2n) is 3.88. The number of benzene rings is 1. The molecule has 5 nitrogen and oxygen atoms in total. The first-order valence-electron chi connectivity index (χ1n) is 5.23. The standard InChI is InChI=1S/C12H16N2O3S/c1-5-12(15)14(4)10-6-8-11(9-7-10)18(16,17)13(2)3/h5-9H,1H2,2-4H3. The Balaban J connectivity index is 3.08. The lowest BCUT2D eigenvalue weighted by atomic mass is 10.3. The number of hydrogen-bond acceptors (Lipinski definition) is 3. The summed E-state index contributed by atoms with van der Waals surface area (Å²) in [4.78, 5) is 13.0. The lowest BCUT2D eigenvalue weighted by molar-refractivity contribution is -0.113. The predicted octanol–water partition coefficient (Wildman–Crippen LogP) is 1.09. The van der Waals surface area contributed by atoms with E-state index in [4.69, 9.17) is 0 Å². The smallest absolute Gasteiger partial charge is 0.250 e. The molecule has 0 atom stereocenters. The highest BCUT2D eigenvalue weighted by molar-refractivity contribution is 7.89. The lowest BCUT2D eigenvalue weighted by Gasteiger charge is -2.16. The Morgan fingerprint density at radius 3 is 2.06 bits per heavy atom. The SMILES string of the molecule is C=CC(=O)N(C)c1ccc(S(=O)(=O)N(C)C)cc1. The normalized spacial score (nSPS) is 11.3. The lowest BCUT2D eigenvalue weighted by Crippen LogP contribution is -2.24. The third-order valence-corrected chi connectivity index (χ3v) is 4.34. The molecule has 0 saturated heterocycles. The predicted molar refractivity (Wildman–Crippen MR) is 70.9 cm³/mol. The van der Waals surface area contributed by atoms with Gasteiger partial charge in [0.05, 0.1) is 4.90 Å². The summed E-state index contributed by atoms with van der Waals surface area (Å²) in [5.41, 5.74) is 0.609. The summed E-state index contributed by atoms with van der Waals surface area (Å²) in [5.74, 6) is -0.252. The maximum atomic E-state index is 11.8. The van der Waals surface area contributed by atoms with Gasteiger partial charge in [0.25, 0.3) is 0 Å². The molecule has 0 radical (unpaired) electrons. The first-order valence-corrected chi connectivity index (χ1v) is 6.67. The summed E-state index contributed by atoms with van der Waals surface area (Å²) in [6, 6.07) is 6.10. The number of rotatable bonds is 4. The van der Waals surface area contributed by atoms with Crippen LogP contribution in [0.2, 0.25) is 0 Å². The zero-order valence-corrected chi connectivity index (χ0v) is 11.4. The van der Waals surface area contributed by atoms with Crippen LogP contribution in [0.5, 0.6) is 0 Å². The zero-order valence-electron chi connectivity index (χ0n) is 10.6. The highest BCUT2D eigenvalue weighted by Crippen LogP contribution is 2.18. The van der Waals surface area contributed by atoms with Crippen molar-refractivity contribution in [1.82, 2.24) is 4.31 Å². The van der Waals surface area contributed by atoms with Crippen LogP contribution in [0.1, 0.15) is 0 Å². The van der Waals surface area contributed by atoms with Crippen LogP contribution in [0.3, 0.4) is 0 Å². The van der Waals surface area contributed by atoms with E-state index in [1.807, 2.05) is 0 Å². The quantitative estimate of drug-likeness (QED) is 0.768. The van der Waals surface area contributed by atoms with Crippen LogP contribution in [0.4, 0.5) is 5.69 Å². The van der Waals surface area contributed by atoms with Crippen LogP contribution in [-0.4, -0.2) is 39.8 Å². The minimum atomic E-state index is -3.44. The molecule has 0 unspecified atom stereocenters. The van der Waals surface area contributed by atoms with Crippen molar-refractivity contribution in [2.24, 2.45) is 0 Å². The molecule has 0 aromatic heterocycles. The Bertz CT molecular complexity index is 547. The molecule has 98 valence electrons. The topological polar surface area (TPSA) is 57.7 Å². The van der Waals surface area contributed by atoms with Crippen LogP contribution in [0, 0.1) is 0 Å². The summed E-state index contributed by atoms with van der Waals surface area (Å²) in [7, 11) is 1.10. The molecule has 0 aliphatic carbocycles. The van der Waals surface area contributed by atoms with Gasteiger partial charge in [-0.15, -0.1) is 0 Å². The molecular formula is C12H16N2O3S. The van der Waals surface area contributed by atoms with Gasteiger partial charge < -0.3 is 4.90 Å². The summed E-state index contributed by atoms with van der Waals surface area (Å²) in [6.07, 6.45) is 1.20. The van der Waals surface area contributed by atoms with E-state index in [2.05, 4.69) is 6.58 Å². The monoisotopic (exact) mass is 268 g/mol. The molecule has 0 aliphatic rings. The Kier molecular flexibility index (Phi) is 4.26. The molecule has 0 aliphatic heterocycles. The summed E-state index contributed by atoms with van der Waals surface area (Å²) in [5, 5.41) is 0. The van der Waals surface area contributed by atoms with E-state index >= 15 is 0 Å². The maximum absolute atomic E-state index is 11.8. The molecule has 0 saturated carbocycles. The fraction of sp³-hybridized carbons (Fsp3) is 0.250. The molecule has 1 aromatic rings. The Morgan fingerprint density at radius 1 is 1.17 bits per heavy atom. The largest absolute Gasteiger partial charge is 0.312 e. The molecule has 0 heterocycles. The molecule has 0 bridgehead atoms. The van der Waals surface area contributed by atoms with E-state index in [1.165, 1.54) is 37.2 Å². The van der Waals surface area contributed by atoms with Gasteiger partial charge in [-0.1, -0.05) is 6.58 Å². The van der Waals surface area contributed by atoms with Crippen molar-refractivity contribution in [2.75, 3.05) is 26.0 Å². The number of amides is 1. The molecular weight excluding hydrogens is 252 g/mol. The van der Waals surface area contributed by atoms with Gasteiger partial charge in [0.15, 0.2) is 0 Å². The molecule has 0 fully saturated rings. The molecule has 0 spiro atoms. The number of hydrogen-bond donors (Lipinski definition) is 0. The van der Waals surface area contributed by atoms with Gasteiger partial charge in [-0.2, -0.15) is 0 Å². The fourth-order valence-corrected chi connectivity index (χ4v) is 2.22. The number of sulfonamides is 1. The van der Waals surface area contributed by atoms with E-state index in [0.29, 0.717) is 5.69 Å². The van der Waals surface area contributed by atoms with Gasteiger partial charge in [-0.3, -0.25) is 4.79 Å². The van der Waals surface area contributed by atoms with Gasteiger partial charge >= 0.3 is 0 Å². The molecule has 6 heteroatoms. The van der Waals surface area contributed by atoms with E-state index < -0.39 is 10.0 Å². The summed E-state index contributed by atoms with van der Waals surface area (Å²) >= 11 is 0. The van der Waals surface area contributed by atoms with Crippen molar-refractivity contribution >= 4 is 21.6 Å². The Morgan fingerprint density at radius 2 is 1.67 bits per heavy atom. The van der Waals surface area contributed by atoms with Crippen molar-refractivity contribution in [2.45, 2.75) is 4.90 Å². The van der Waals surface area contributed by atoms with Crippen molar-refractivity contribution in [1.29, 1.82) is 0 Å². The highest BCUT2D eigenvalue weighted by atomic mass is 32.2. The minimum absolute atomic E-state index is 0.190. The van der Waals surface area contributed by atoms with Gasteiger partial charge in [0.2, 0.25) is 15.9 Å². The summed E-state index contributed by atoms with van der Waals surface area (Å²) in [6.45, 7) is 3.39. The van der Waals surface area contributed by atoms with Crippen molar-refractivity contribution in [3.8, 4) is 0 Å². The molecule has 0 N–H and O–H groups in total. The minimum Gasteiger partial charge on any atom is -0.312 e.